The number of piperidine rings is 1. The molecule has 1 amide bonds. The number of aromatic amines is 1. The van der Waals surface area contributed by atoms with Crippen molar-refractivity contribution in [3.63, 3.8) is 0 Å². The van der Waals surface area contributed by atoms with Crippen LogP contribution < -0.4 is 5.56 Å². The van der Waals surface area contributed by atoms with E-state index in [9.17, 15) is 9.59 Å². The zero-order valence-corrected chi connectivity index (χ0v) is 15.7. The highest BCUT2D eigenvalue weighted by atomic mass is 16.2. The van der Waals surface area contributed by atoms with Crippen LogP contribution in [0.25, 0.3) is 10.9 Å². The number of benzene rings is 1. The molecule has 0 radical (unpaired) electrons. The van der Waals surface area contributed by atoms with Crippen molar-refractivity contribution in [3.8, 4) is 0 Å². The minimum Gasteiger partial charge on any atom is -0.360 e. The van der Waals surface area contributed by atoms with Crippen molar-refractivity contribution in [3.05, 3.63) is 64.0 Å². The fourth-order valence-electron chi connectivity index (χ4n) is 3.82. The van der Waals surface area contributed by atoms with E-state index in [4.69, 9.17) is 0 Å². The van der Waals surface area contributed by atoms with Crippen molar-refractivity contribution in [2.24, 2.45) is 5.92 Å². The molecule has 6 nitrogen and oxygen atoms in total. The first-order valence-corrected chi connectivity index (χ1v) is 9.42. The minimum atomic E-state index is 0.0415. The average Bonchev–Trinajstić information content (AvgIpc) is 3.12. The van der Waals surface area contributed by atoms with E-state index in [1.165, 1.54) is 0 Å². The third kappa shape index (κ3) is 3.27. The fraction of sp³-hybridized carbons (Fsp3) is 0.381. The Morgan fingerprint density at radius 2 is 1.96 bits per heavy atom. The van der Waals surface area contributed by atoms with Gasteiger partial charge in [0.05, 0.1) is 11.9 Å². The van der Waals surface area contributed by atoms with Gasteiger partial charge >= 0.3 is 0 Å². The summed E-state index contributed by atoms with van der Waals surface area (Å²) in [6, 6.07) is 7.87. The molecule has 0 saturated carbocycles. The van der Waals surface area contributed by atoms with Crippen molar-refractivity contribution in [2.45, 2.75) is 33.2 Å². The van der Waals surface area contributed by atoms with Gasteiger partial charge in [0.2, 0.25) is 0 Å². The lowest BCUT2D eigenvalue weighted by Crippen LogP contribution is -2.40. The van der Waals surface area contributed by atoms with Crippen LogP contribution in [0.15, 0.2) is 41.6 Å². The summed E-state index contributed by atoms with van der Waals surface area (Å²) < 4.78 is 1.71. The van der Waals surface area contributed by atoms with E-state index in [1.54, 1.807) is 17.1 Å². The number of likely N-dealkylation sites (tertiary alicyclic amines) is 1. The maximum atomic E-state index is 12.9. The number of amides is 1. The van der Waals surface area contributed by atoms with Gasteiger partial charge in [0.15, 0.2) is 0 Å². The second-order valence-electron chi connectivity index (χ2n) is 7.40. The number of para-hydroxylation sites is 1. The van der Waals surface area contributed by atoms with E-state index in [0.29, 0.717) is 18.0 Å². The summed E-state index contributed by atoms with van der Waals surface area (Å²) in [6.45, 7) is 5.79. The Hall–Kier alpha value is -2.89. The number of carbonyl (C=O) groups excluding carboxylic acids is 1. The first-order valence-electron chi connectivity index (χ1n) is 9.42. The van der Waals surface area contributed by atoms with Crippen LogP contribution in [-0.4, -0.2) is 38.4 Å². The summed E-state index contributed by atoms with van der Waals surface area (Å²) in [7, 11) is 0. The number of hydrogen-bond acceptors (Lipinski definition) is 3. The number of nitrogens with zero attached hydrogens (tertiary/aromatic N) is 3. The first-order chi connectivity index (χ1) is 13.0. The maximum absolute atomic E-state index is 12.9. The van der Waals surface area contributed by atoms with Crippen molar-refractivity contribution >= 4 is 16.8 Å². The normalized spacial score (nSPS) is 15.4. The van der Waals surface area contributed by atoms with E-state index in [2.05, 4.69) is 9.97 Å². The summed E-state index contributed by atoms with van der Waals surface area (Å²) in [5.74, 6) is 0.467. The first kappa shape index (κ1) is 17.5. The third-order valence-corrected chi connectivity index (χ3v) is 5.69. The number of aromatic nitrogens is 3. The number of H-pyrrole nitrogens is 1. The molecule has 1 aliphatic rings. The Labute approximate surface area is 157 Å². The third-order valence-electron chi connectivity index (χ3n) is 5.69. The van der Waals surface area contributed by atoms with E-state index in [1.807, 2.05) is 43.0 Å². The molecule has 0 bridgehead atoms. The van der Waals surface area contributed by atoms with Crippen LogP contribution in [0.2, 0.25) is 0 Å². The van der Waals surface area contributed by atoms with E-state index in [0.717, 1.165) is 48.1 Å². The number of nitrogens with one attached hydrogen (secondary N) is 1. The lowest BCUT2D eigenvalue weighted by Gasteiger charge is -2.32. The summed E-state index contributed by atoms with van der Waals surface area (Å²) in [5, 5.41) is 0.970. The van der Waals surface area contributed by atoms with Crippen molar-refractivity contribution < 1.29 is 4.79 Å². The Balaban J connectivity index is 1.42. The molecule has 6 heteroatoms. The van der Waals surface area contributed by atoms with Gasteiger partial charge in [-0.2, -0.15) is 0 Å². The molecule has 1 saturated heterocycles. The van der Waals surface area contributed by atoms with Gasteiger partial charge in [-0.1, -0.05) is 18.2 Å². The minimum absolute atomic E-state index is 0.0415. The predicted molar refractivity (Wildman–Crippen MR) is 105 cm³/mol. The number of aryl methyl sites for hydroxylation is 1. The molecule has 2 aromatic heterocycles. The Kier molecular flexibility index (Phi) is 4.56. The molecular weight excluding hydrogens is 340 g/mol. The molecule has 1 aliphatic heterocycles. The van der Waals surface area contributed by atoms with Crippen LogP contribution in [0.1, 0.15) is 34.5 Å². The molecular formula is C21H24N4O2. The number of fused-ring (bicyclic) bond motifs is 1. The Morgan fingerprint density at radius 3 is 2.74 bits per heavy atom. The quantitative estimate of drug-likeness (QED) is 0.777. The molecule has 3 aromatic rings. The molecule has 0 unspecified atom stereocenters. The van der Waals surface area contributed by atoms with Crippen LogP contribution in [0.5, 0.6) is 0 Å². The summed E-state index contributed by atoms with van der Waals surface area (Å²) >= 11 is 0. The Bertz CT molecular complexity index is 1040. The number of rotatable bonds is 3. The van der Waals surface area contributed by atoms with E-state index >= 15 is 0 Å². The molecule has 27 heavy (non-hydrogen) atoms. The van der Waals surface area contributed by atoms with Crippen molar-refractivity contribution in [2.75, 3.05) is 13.1 Å². The number of carbonyl (C=O) groups is 1. The molecule has 3 heterocycles. The van der Waals surface area contributed by atoms with Crippen molar-refractivity contribution in [1.82, 2.24) is 19.4 Å². The van der Waals surface area contributed by atoms with Gasteiger partial charge in [-0.05, 0) is 38.7 Å². The van der Waals surface area contributed by atoms with Gasteiger partial charge in [-0.3, -0.25) is 14.2 Å². The molecule has 0 aliphatic carbocycles. The zero-order valence-electron chi connectivity index (χ0n) is 15.7. The SMILES string of the molecule is Cc1ncn(CC2CCN(C(=O)c3c[nH]c4ccccc34)CC2)c(=O)c1C. The van der Waals surface area contributed by atoms with Crippen LogP contribution in [0.4, 0.5) is 0 Å². The summed E-state index contributed by atoms with van der Waals surface area (Å²) in [6.07, 6.45) is 5.24. The molecule has 140 valence electrons. The topological polar surface area (TPSA) is 71.0 Å². The van der Waals surface area contributed by atoms with Crippen LogP contribution in [-0.2, 0) is 6.54 Å². The van der Waals surface area contributed by atoms with Gasteiger partial charge in [0.1, 0.15) is 0 Å². The highest BCUT2D eigenvalue weighted by Crippen LogP contribution is 2.24. The van der Waals surface area contributed by atoms with Crippen molar-refractivity contribution in [1.29, 1.82) is 0 Å². The monoisotopic (exact) mass is 364 g/mol. The molecule has 1 N–H and O–H groups in total. The Morgan fingerprint density at radius 1 is 1.22 bits per heavy atom. The molecule has 0 atom stereocenters. The molecule has 1 fully saturated rings. The lowest BCUT2D eigenvalue weighted by atomic mass is 9.96. The van der Waals surface area contributed by atoms with Gasteiger partial charge in [-0.15, -0.1) is 0 Å². The highest BCUT2D eigenvalue weighted by molar-refractivity contribution is 6.06. The molecule has 1 aromatic carbocycles. The second-order valence-corrected chi connectivity index (χ2v) is 7.40. The second kappa shape index (κ2) is 7.02. The zero-order chi connectivity index (χ0) is 19.0. The summed E-state index contributed by atoms with van der Waals surface area (Å²) in [5.41, 5.74) is 3.26. The fourth-order valence-corrected chi connectivity index (χ4v) is 3.82. The van der Waals surface area contributed by atoms with Gasteiger partial charge in [0.25, 0.3) is 11.5 Å². The van der Waals surface area contributed by atoms with Gasteiger partial charge in [0, 0.05) is 48.0 Å². The van der Waals surface area contributed by atoms with Gasteiger partial charge in [-0.25, -0.2) is 4.98 Å². The predicted octanol–water partition coefficient (Wildman–Crippen LogP) is 2.89. The summed E-state index contributed by atoms with van der Waals surface area (Å²) in [4.78, 5) is 34.7. The maximum Gasteiger partial charge on any atom is 0.256 e. The largest absolute Gasteiger partial charge is 0.360 e. The smallest absolute Gasteiger partial charge is 0.256 e. The standard InChI is InChI=1S/C21H24N4O2/c1-14-15(2)23-13-25(20(14)26)12-16-7-9-24(10-8-16)21(27)18-11-22-19-6-4-3-5-17(18)19/h3-6,11,13,16,22H,7-10,12H2,1-2H3. The van der Waals surface area contributed by atoms with E-state index in [-0.39, 0.29) is 11.5 Å². The van der Waals surface area contributed by atoms with Gasteiger partial charge < -0.3 is 9.88 Å². The van der Waals surface area contributed by atoms with Crippen LogP contribution in [0, 0.1) is 19.8 Å². The van der Waals surface area contributed by atoms with Crippen LogP contribution >= 0.6 is 0 Å². The average molecular weight is 364 g/mol. The number of hydrogen-bond donors (Lipinski definition) is 1. The lowest BCUT2D eigenvalue weighted by molar-refractivity contribution is 0.0684. The van der Waals surface area contributed by atoms with E-state index < -0.39 is 0 Å². The van der Waals surface area contributed by atoms with Crippen LogP contribution in [0.3, 0.4) is 0 Å². The molecule has 4 rings (SSSR count). The molecule has 0 spiro atoms. The highest BCUT2D eigenvalue weighted by Gasteiger charge is 2.25.